The molecule has 5 rings (SSSR count). The maximum Gasteiger partial charge on any atom is 0.307 e. The number of pyridine rings is 1. The topological polar surface area (TPSA) is 98.1 Å². The van der Waals surface area contributed by atoms with Gasteiger partial charge in [0.25, 0.3) is 5.91 Å². The van der Waals surface area contributed by atoms with Gasteiger partial charge in [-0.25, -0.2) is 4.98 Å². The van der Waals surface area contributed by atoms with Gasteiger partial charge < -0.3 is 20.2 Å². The quantitative estimate of drug-likeness (QED) is 0.489. The molecule has 2 aliphatic rings. The van der Waals surface area contributed by atoms with Crippen molar-refractivity contribution >= 4 is 52.1 Å². The zero-order valence-electron chi connectivity index (χ0n) is 19.5. The molecule has 3 aromatic rings. The van der Waals surface area contributed by atoms with Gasteiger partial charge in [-0.2, -0.15) is 4.99 Å². The van der Waals surface area contributed by atoms with Crippen molar-refractivity contribution in [3.8, 4) is 0 Å². The Labute approximate surface area is 213 Å². The summed E-state index contributed by atoms with van der Waals surface area (Å²) in [6, 6.07) is 21.2. The van der Waals surface area contributed by atoms with Crippen LogP contribution in [0.2, 0.25) is 0 Å². The lowest BCUT2D eigenvalue weighted by Crippen LogP contribution is -2.46. The van der Waals surface area contributed by atoms with E-state index in [1.807, 2.05) is 42.6 Å². The van der Waals surface area contributed by atoms with Crippen molar-refractivity contribution in [1.29, 1.82) is 0 Å². The van der Waals surface area contributed by atoms with Gasteiger partial charge in [-0.05, 0) is 65.4 Å². The summed E-state index contributed by atoms with van der Waals surface area (Å²) in [4.78, 5) is 37.1. The summed E-state index contributed by atoms with van der Waals surface area (Å²) < 4.78 is 0. The van der Waals surface area contributed by atoms with Crippen LogP contribution in [0, 0.1) is 0 Å². The summed E-state index contributed by atoms with van der Waals surface area (Å²) in [6.45, 7) is 3.59. The van der Waals surface area contributed by atoms with E-state index >= 15 is 0 Å². The zero-order chi connectivity index (χ0) is 24.9. The first-order chi connectivity index (χ1) is 17.5. The number of amides is 1. The number of rotatable bonds is 6. The van der Waals surface area contributed by atoms with Gasteiger partial charge in [0.15, 0.2) is 5.17 Å². The third kappa shape index (κ3) is 5.75. The van der Waals surface area contributed by atoms with Gasteiger partial charge in [-0.15, -0.1) is 0 Å². The fraction of sp³-hybridized carbons (Fsp3) is 0.185. The molecule has 3 heterocycles. The van der Waals surface area contributed by atoms with Gasteiger partial charge in [0.05, 0.1) is 11.3 Å². The number of carbonyl (C=O) groups is 2. The number of nitrogens with zero attached hydrogens (tertiary/aromatic N) is 4. The maximum atomic E-state index is 12.5. The predicted octanol–water partition coefficient (Wildman–Crippen LogP) is 4.12. The van der Waals surface area contributed by atoms with E-state index in [4.69, 9.17) is 5.11 Å². The molecular formula is C27H25N5O3S. The Kier molecular flexibility index (Phi) is 6.99. The summed E-state index contributed by atoms with van der Waals surface area (Å²) in [6.07, 6.45) is 3.67. The number of aromatic nitrogens is 1. The number of anilines is 3. The molecule has 0 radical (unpaired) electrons. The van der Waals surface area contributed by atoms with Crippen LogP contribution in [0.3, 0.4) is 0 Å². The first kappa shape index (κ1) is 23.6. The number of piperazine rings is 1. The van der Waals surface area contributed by atoms with Crippen LogP contribution in [0.4, 0.5) is 17.2 Å². The standard InChI is InChI=1S/C27H25N5O3S/c33-25(34)18-19-7-9-21(10-8-19)29-27-30-26(35)23(36-27)17-20-4-3-5-22(16-20)31-12-14-32(15-13-31)24-6-1-2-11-28-24/h1-11,16-17H,12-15,18H2,(H,33,34)(H,29,30,35)/b23-17+. The number of hydrogen-bond acceptors (Lipinski definition) is 7. The zero-order valence-corrected chi connectivity index (χ0v) is 20.3. The molecule has 0 saturated carbocycles. The van der Waals surface area contributed by atoms with E-state index in [1.165, 1.54) is 11.8 Å². The number of amidine groups is 1. The molecule has 1 fully saturated rings. The van der Waals surface area contributed by atoms with Crippen molar-refractivity contribution in [3.63, 3.8) is 0 Å². The number of aliphatic imine (C=N–C) groups is 1. The first-order valence-corrected chi connectivity index (χ1v) is 12.5. The van der Waals surface area contributed by atoms with Crippen LogP contribution in [-0.4, -0.2) is 53.3 Å². The second kappa shape index (κ2) is 10.7. The van der Waals surface area contributed by atoms with Crippen molar-refractivity contribution in [2.24, 2.45) is 4.99 Å². The minimum atomic E-state index is -0.873. The van der Waals surface area contributed by atoms with Crippen molar-refractivity contribution < 1.29 is 14.7 Å². The van der Waals surface area contributed by atoms with E-state index in [9.17, 15) is 9.59 Å². The molecule has 2 aliphatic heterocycles. The van der Waals surface area contributed by atoms with Gasteiger partial charge in [0, 0.05) is 43.8 Å². The molecule has 0 atom stereocenters. The third-order valence-electron chi connectivity index (χ3n) is 5.97. The Hall–Kier alpha value is -4.11. The van der Waals surface area contributed by atoms with Crippen LogP contribution in [-0.2, 0) is 16.0 Å². The molecule has 0 bridgehead atoms. The van der Waals surface area contributed by atoms with E-state index in [1.54, 1.807) is 24.3 Å². The Balaban J connectivity index is 1.20. The Morgan fingerprint density at radius 3 is 2.50 bits per heavy atom. The molecule has 0 aliphatic carbocycles. The lowest BCUT2D eigenvalue weighted by molar-refractivity contribution is -0.136. The van der Waals surface area contributed by atoms with Gasteiger partial charge >= 0.3 is 5.97 Å². The molecular weight excluding hydrogens is 474 g/mol. The molecule has 0 unspecified atom stereocenters. The molecule has 1 amide bonds. The van der Waals surface area contributed by atoms with E-state index in [2.05, 4.69) is 37.2 Å². The van der Waals surface area contributed by atoms with Crippen molar-refractivity contribution in [2.45, 2.75) is 6.42 Å². The molecule has 2 N–H and O–H groups in total. The minimum absolute atomic E-state index is 0.0274. The summed E-state index contributed by atoms with van der Waals surface area (Å²) in [7, 11) is 0. The van der Waals surface area contributed by atoms with E-state index in [0.717, 1.165) is 48.9 Å². The number of benzene rings is 2. The molecule has 8 nitrogen and oxygen atoms in total. The van der Waals surface area contributed by atoms with E-state index < -0.39 is 5.97 Å². The monoisotopic (exact) mass is 499 g/mol. The number of carboxylic acids is 1. The fourth-order valence-corrected chi connectivity index (χ4v) is 5.00. The molecule has 1 aromatic heterocycles. The van der Waals surface area contributed by atoms with Crippen LogP contribution in [0.5, 0.6) is 0 Å². The minimum Gasteiger partial charge on any atom is -0.481 e. The number of carbonyl (C=O) groups excluding carboxylic acids is 1. The molecule has 182 valence electrons. The molecule has 36 heavy (non-hydrogen) atoms. The predicted molar refractivity (Wildman–Crippen MR) is 145 cm³/mol. The number of nitrogens with one attached hydrogen (secondary N) is 1. The molecule has 0 spiro atoms. The molecule has 1 saturated heterocycles. The van der Waals surface area contributed by atoms with Crippen molar-refractivity contribution in [2.75, 3.05) is 41.3 Å². The van der Waals surface area contributed by atoms with Gasteiger partial charge in [0.2, 0.25) is 0 Å². The summed E-state index contributed by atoms with van der Waals surface area (Å²) in [5, 5.41) is 12.5. The average molecular weight is 500 g/mol. The Morgan fingerprint density at radius 2 is 1.78 bits per heavy atom. The average Bonchev–Trinajstić information content (AvgIpc) is 3.24. The van der Waals surface area contributed by atoms with Crippen LogP contribution in [0.1, 0.15) is 11.1 Å². The lowest BCUT2D eigenvalue weighted by Gasteiger charge is -2.36. The Morgan fingerprint density at radius 1 is 1.00 bits per heavy atom. The SMILES string of the molecule is O=C(O)Cc1ccc(NC2=NC(=O)/C(=C\c3cccc(N4CCN(c5ccccn5)CC4)c3)S2)cc1. The van der Waals surface area contributed by atoms with Crippen LogP contribution in [0.15, 0.2) is 82.8 Å². The molecule has 9 heteroatoms. The van der Waals surface area contributed by atoms with Gasteiger partial charge in [-0.3, -0.25) is 9.59 Å². The highest BCUT2D eigenvalue weighted by Crippen LogP contribution is 2.30. The molecule has 2 aromatic carbocycles. The number of hydrogen-bond donors (Lipinski definition) is 2. The third-order valence-corrected chi connectivity index (χ3v) is 6.87. The van der Waals surface area contributed by atoms with E-state index in [-0.39, 0.29) is 12.3 Å². The number of carboxylic acid groups (broad SMARTS) is 1. The lowest BCUT2D eigenvalue weighted by atomic mass is 10.1. The van der Waals surface area contributed by atoms with Crippen molar-refractivity contribution in [3.05, 3.63) is 89.0 Å². The highest BCUT2D eigenvalue weighted by Gasteiger charge is 2.23. The number of thioether (sulfide) groups is 1. The van der Waals surface area contributed by atoms with Crippen molar-refractivity contribution in [1.82, 2.24) is 4.98 Å². The fourth-order valence-electron chi connectivity index (χ4n) is 4.16. The summed E-state index contributed by atoms with van der Waals surface area (Å²) >= 11 is 1.29. The highest BCUT2D eigenvalue weighted by atomic mass is 32.2. The summed E-state index contributed by atoms with van der Waals surface area (Å²) in [5.74, 6) is -0.144. The van der Waals surface area contributed by atoms with E-state index in [0.29, 0.717) is 15.6 Å². The van der Waals surface area contributed by atoms with Crippen LogP contribution < -0.4 is 15.1 Å². The first-order valence-electron chi connectivity index (χ1n) is 11.6. The number of aliphatic carboxylic acids is 1. The highest BCUT2D eigenvalue weighted by molar-refractivity contribution is 8.18. The van der Waals surface area contributed by atoms with Crippen LogP contribution >= 0.6 is 11.8 Å². The second-order valence-corrected chi connectivity index (χ2v) is 9.51. The normalized spacial score (nSPS) is 16.8. The smallest absolute Gasteiger partial charge is 0.307 e. The second-order valence-electron chi connectivity index (χ2n) is 8.48. The van der Waals surface area contributed by atoms with Crippen LogP contribution in [0.25, 0.3) is 6.08 Å². The van der Waals surface area contributed by atoms with Gasteiger partial charge in [0.1, 0.15) is 5.82 Å². The Bertz CT molecular complexity index is 1320. The summed E-state index contributed by atoms with van der Waals surface area (Å²) in [5.41, 5.74) is 3.53. The maximum absolute atomic E-state index is 12.5. The largest absolute Gasteiger partial charge is 0.481 e. The van der Waals surface area contributed by atoms with Gasteiger partial charge in [-0.1, -0.05) is 30.3 Å².